The number of rotatable bonds is 14. The molecule has 0 fully saturated rings. The molecule has 2 aromatic carbocycles. The van der Waals surface area contributed by atoms with E-state index in [0.29, 0.717) is 5.75 Å². The van der Waals surface area contributed by atoms with E-state index in [-0.39, 0.29) is 34.5 Å². The molecule has 0 radical (unpaired) electrons. The topological polar surface area (TPSA) is 66.4 Å². The van der Waals surface area contributed by atoms with Gasteiger partial charge in [-0.25, -0.2) is 8.42 Å². The minimum atomic E-state index is -4.43. The third-order valence-corrected chi connectivity index (χ3v) is 5.96. The summed E-state index contributed by atoms with van der Waals surface area (Å²) in [7, 11) is -4.43. The van der Waals surface area contributed by atoms with Crippen molar-refractivity contribution in [2.75, 3.05) is 0 Å². The van der Waals surface area contributed by atoms with Gasteiger partial charge >= 0.3 is 29.6 Å². The Bertz CT molecular complexity index is 819. The van der Waals surface area contributed by atoms with Crippen LogP contribution in [0.1, 0.15) is 76.7 Å². The molecule has 2 aromatic rings. The SMILES string of the molecule is CCCCCCCCCCCCc1ccccc1Oc1ccc(S(=O)(=O)[O-])cc1.[Na+]. The summed E-state index contributed by atoms with van der Waals surface area (Å²) in [5, 5.41) is 0. The van der Waals surface area contributed by atoms with Gasteiger partial charge in [-0.2, -0.15) is 0 Å². The number of unbranched alkanes of at least 4 members (excludes halogenated alkanes) is 9. The van der Waals surface area contributed by atoms with Crippen LogP contribution in [0.15, 0.2) is 53.4 Å². The summed E-state index contributed by atoms with van der Waals surface area (Å²) in [5.41, 5.74) is 1.15. The zero-order chi connectivity index (χ0) is 21.0. The fourth-order valence-corrected chi connectivity index (χ4v) is 3.88. The maximum absolute atomic E-state index is 11.0. The third kappa shape index (κ3) is 10.5. The van der Waals surface area contributed by atoms with Crippen LogP contribution in [0.2, 0.25) is 0 Å². The van der Waals surface area contributed by atoms with E-state index in [0.717, 1.165) is 24.2 Å². The molecule has 4 nitrogen and oxygen atoms in total. The van der Waals surface area contributed by atoms with Gasteiger partial charge in [0, 0.05) is 0 Å². The Morgan fingerprint density at radius 3 is 1.87 bits per heavy atom. The zero-order valence-corrected chi connectivity index (χ0v) is 21.3. The van der Waals surface area contributed by atoms with E-state index in [1.165, 1.54) is 82.1 Å². The third-order valence-electron chi connectivity index (χ3n) is 5.11. The molecule has 0 aliphatic carbocycles. The molecule has 30 heavy (non-hydrogen) atoms. The average Bonchev–Trinajstić information content (AvgIpc) is 2.70. The maximum atomic E-state index is 11.0. The van der Waals surface area contributed by atoms with Crippen LogP contribution in [-0.2, 0) is 16.5 Å². The van der Waals surface area contributed by atoms with Crippen LogP contribution in [0.25, 0.3) is 0 Å². The smallest absolute Gasteiger partial charge is 0.744 e. The predicted molar refractivity (Wildman–Crippen MR) is 116 cm³/mol. The first kappa shape index (κ1) is 27.2. The Balaban J connectivity index is 0.00000450. The molecule has 0 bridgehead atoms. The molecule has 0 aliphatic rings. The van der Waals surface area contributed by atoms with Crippen molar-refractivity contribution in [3.63, 3.8) is 0 Å². The summed E-state index contributed by atoms with van der Waals surface area (Å²) in [6.45, 7) is 2.25. The van der Waals surface area contributed by atoms with Gasteiger partial charge in [-0.05, 0) is 48.7 Å². The van der Waals surface area contributed by atoms with Crippen molar-refractivity contribution in [2.45, 2.75) is 82.4 Å². The van der Waals surface area contributed by atoms with E-state index in [1.54, 1.807) is 0 Å². The molecule has 0 spiro atoms. The zero-order valence-electron chi connectivity index (χ0n) is 18.4. The summed E-state index contributed by atoms with van der Waals surface area (Å²) in [6.07, 6.45) is 14.0. The van der Waals surface area contributed by atoms with Crippen molar-refractivity contribution in [1.29, 1.82) is 0 Å². The number of para-hydroxylation sites is 1. The average molecular weight is 441 g/mol. The second-order valence-corrected chi connectivity index (χ2v) is 8.95. The van der Waals surface area contributed by atoms with Gasteiger partial charge in [-0.1, -0.05) is 82.9 Å². The van der Waals surface area contributed by atoms with Crippen molar-refractivity contribution < 1.29 is 47.3 Å². The first-order valence-electron chi connectivity index (χ1n) is 10.8. The molecule has 0 aliphatic heterocycles. The molecule has 2 rings (SSSR count). The number of aryl methyl sites for hydroxylation is 1. The molecule has 0 heterocycles. The van der Waals surface area contributed by atoms with Crippen molar-refractivity contribution in [3.05, 3.63) is 54.1 Å². The molecule has 0 atom stereocenters. The van der Waals surface area contributed by atoms with Crippen molar-refractivity contribution in [2.24, 2.45) is 0 Å². The van der Waals surface area contributed by atoms with E-state index in [2.05, 4.69) is 13.0 Å². The van der Waals surface area contributed by atoms with Gasteiger partial charge in [0.2, 0.25) is 0 Å². The van der Waals surface area contributed by atoms with Gasteiger partial charge in [0.1, 0.15) is 21.6 Å². The summed E-state index contributed by atoms with van der Waals surface area (Å²) >= 11 is 0. The van der Waals surface area contributed by atoms with E-state index in [1.807, 2.05) is 18.2 Å². The first-order valence-corrected chi connectivity index (χ1v) is 12.2. The largest absolute Gasteiger partial charge is 1.00 e. The molecular formula is C24H33NaO4S. The fraction of sp³-hybridized carbons (Fsp3) is 0.500. The minimum Gasteiger partial charge on any atom is -0.744 e. The molecule has 160 valence electrons. The fourth-order valence-electron chi connectivity index (χ4n) is 3.41. The van der Waals surface area contributed by atoms with Crippen molar-refractivity contribution in [1.82, 2.24) is 0 Å². The molecule has 6 heteroatoms. The quantitative estimate of drug-likeness (QED) is 0.254. The number of hydrogen-bond acceptors (Lipinski definition) is 4. The summed E-state index contributed by atoms with van der Waals surface area (Å²) in [6, 6.07) is 13.5. The van der Waals surface area contributed by atoms with Crippen LogP contribution in [0, 0.1) is 0 Å². The van der Waals surface area contributed by atoms with E-state index < -0.39 is 10.1 Å². The van der Waals surface area contributed by atoms with Gasteiger partial charge in [-0.15, -0.1) is 0 Å². The number of ether oxygens (including phenoxy) is 1. The predicted octanol–water partition coefficient (Wildman–Crippen LogP) is 3.85. The molecule has 0 N–H and O–H groups in total. The normalized spacial score (nSPS) is 11.1. The van der Waals surface area contributed by atoms with Crippen LogP contribution in [0.4, 0.5) is 0 Å². The van der Waals surface area contributed by atoms with E-state index >= 15 is 0 Å². The Kier molecular flexibility index (Phi) is 13.6. The van der Waals surface area contributed by atoms with Crippen LogP contribution in [-0.4, -0.2) is 13.0 Å². The molecular weight excluding hydrogens is 407 g/mol. The number of benzene rings is 2. The Labute approximate surface area is 204 Å². The molecule has 0 amide bonds. The maximum Gasteiger partial charge on any atom is 1.00 e. The van der Waals surface area contributed by atoms with Gasteiger partial charge in [-0.3, -0.25) is 0 Å². The van der Waals surface area contributed by atoms with Crippen LogP contribution >= 0.6 is 0 Å². The monoisotopic (exact) mass is 440 g/mol. The standard InChI is InChI=1S/C24H34O4S.Na/c1-2-3-4-5-6-7-8-9-10-11-14-21-15-12-13-16-24(21)28-22-17-19-23(20-18-22)29(25,26)27;/h12-13,15-20H,2-11,14H2,1H3,(H,25,26,27);/q;+1/p-1. The van der Waals surface area contributed by atoms with Crippen LogP contribution in [0.5, 0.6) is 11.5 Å². The first-order chi connectivity index (χ1) is 14.0. The van der Waals surface area contributed by atoms with Crippen molar-refractivity contribution in [3.8, 4) is 11.5 Å². The Morgan fingerprint density at radius 1 is 0.767 bits per heavy atom. The molecule has 0 aromatic heterocycles. The molecule has 0 unspecified atom stereocenters. The summed E-state index contributed by atoms with van der Waals surface area (Å²) in [5.74, 6) is 1.30. The van der Waals surface area contributed by atoms with Gasteiger partial charge < -0.3 is 9.29 Å². The van der Waals surface area contributed by atoms with Gasteiger partial charge in [0.15, 0.2) is 0 Å². The van der Waals surface area contributed by atoms with Gasteiger partial charge in [0.25, 0.3) is 0 Å². The molecule has 0 saturated carbocycles. The molecule has 0 saturated heterocycles. The minimum absolute atomic E-state index is 0. The van der Waals surface area contributed by atoms with Crippen LogP contribution in [0.3, 0.4) is 0 Å². The Morgan fingerprint density at radius 2 is 1.30 bits per heavy atom. The second kappa shape index (κ2) is 15.0. The second-order valence-electron chi connectivity index (χ2n) is 7.57. The van der Waals surface area contributed by atoms with Crippen LogP contribution < -0.4 is 34.3 Å². The van der Waals surface area contributed by atoms with E-state index in [4.69, 9.17) is 4.74 Å². The van der Waals surface area contributed by atoms with E-state index in [9.17, 15) is 13.0 Å². The van der Waals surface area contributed by atoms with Crippen molar-refractivity contribution >= 4 is 10.1 Å². The summed E-state index contributed by atoms with van der Waals surface area (Å²) in [4.78, 5) is -0.247. The number of hydrogen-bond donors (Lipinski definition) is 0. The Hall–Kier alpha value is -0.850. The summed E-state index contributed by atoms with van der Waals surface area (Å²) < 4.78 is 39.0. The van der Waals surface area contributed by atoms with Gasteiger partial charge in [0.05, 0.1) is 4.90 Å².